The number of hydrogen-bond acceptors (Lipinski definition) is 2. The van der Waals surface area contributed by atoms with Gasteiger partial charge in [-0.3, -0.25) is 0 Å². The van der Waals surface area contributed by atoms with Gasteiger partial charge in [0.25, 0.3) is 0 Å². The van der Waals surface area contributed by atoms with E-state index < -0.39 is 0 Å². The van der Waals surface area contributed by atoms with E-state index in [9.17, 15) is 0 Å². The van der Waals surface area contributed by atoms with E-state index in [4.69, 9.17) is 5.26 Å². The Morgan fingerprint density at radius 3 is 2.89 bits per heavy atom. The van der Waals surface area contributed by atoms with Gasteiger partial charge in [0.2, 0.25) is 0 Å². The first-order chi connectivity index (χ1) is 8.67. The number of aromatic nitrogens is 2. The van der Waals surface area contributed by atoms with Gasteiger partial charge < -0.3 is 4.57 Å². The maximum absolute atomic E-state index is 8.85. The van der Waals surface area contributed by atoms with Crippen molar-refractivity contribution in [2.75, 3.05) is 0 Å². The molecule has 0 aliphatic rings. The highest BCUT2D eigenvalue weighted by atomic mass is 15.1. The molecule has 0 bridgehead atoms. The molecule has 0 N–H and O–H groups in total. The first-order valence-corrected chi connectivity index (χ1v) is 6.14. The fourth-order valence-electron chi connectivity index (χ4n) is 2.09. The van der Waals surface area contributed by atoms with Gasteiger partial charge in [-0.2, -0.15) is 5.26 Å². The number of rotatable bonds is 4. The van der Waals surface area contributed by atoms with Crippen molar-refractivity contribution in [2.45, 2.75) is 32.7 Å². The third-order valence-corrected chi connectivity index (χ3v) is 3.07. The summed E-state index contributed by atoms with van der Waals surface area (Å²) >= 11 is 0. The molecule has 0 aliphatic heterocycles. The Labute approximate surface area is 107 Å². The van der Waals surface area contributed by atoms with Gasteiger partial charge in [-0.1, -0.05) is 26.0 Å². The lowest BCUT2D eigenvalue weighted by Crippen LogP contribution is -2.01. The number of fused-ring (bicyclic) bond motifs is 1. The van der Waals surface area contributed by atoms with Crippen LogP contribution in [0.1, 0.15) is 31.2 Å². The molecule has 2 rings (SSSR count). The minimum absolute atomic E-state index is 0.333. The van der Waals surface area contributed by atoms with Gasteiger partial charge in [0.05, 0.1) is 23.5 Å². The highest BCUT2D eigenvalue weighted by Crippen LogP contribution is 2.22. The third kappa shape index (κ3) is 2.14. The van der Waals surface area contributed by atoms with Crippen molar-refractivity contribution in [3.8, 4) is 6.07 Å². The summed E-state index contributed by atoms with van der Waals surface area (Å²) in [6.45, 7) is 8.78. The molecule has 1 aromatic carbocycles. The predicted octanol–water partition coefficient (Wildman–Crippen LogP) is 3.41. The Morgan fingerprint density at radius 1 is 1.50 bits per heavy atom. The molecule has 0 fully saturated rings. The lowest BCUT2D eigenvalue weighted by atomic mass is 10.0. The number of allylic oxidation sites excluding steroid dienone is 1. The summed E-state index contributed by atoms with van der Waals surface area (Å²) in [6.07, 6.45) is 2.16. The second kappa shape index (κ2) is 5.05. The maximum Gasteiger partial charge on any atom is 0.124 e. The first-order valence-electron chi connectivity index (χ1n) is 6.14. The van der Waals surface area contributed by atoms with Crippen molar-refractivity contribution < 1.29 is 0 Å². The summed E-state index contributed by atoms with van der Waals surface area (Å²) in [5.74, 6) is 1.30. The molecule has 0 atom stereocenters. The van der Waals surface area contributed by atoms with E-state index in [1.807, 2.05) is 6.08 Å². The van der Waals surface area contributed by atoms with E-state index in [0.29, 0.717) is 18.9 Å². The van der Waals surface area contributed by atoms with Crippen molar-refractivity contribution in [1.29, 1.82) is 5.26 Å². The summed E-state index contributed by atoms with van der Waals surface area (Å²) in [6, 6.07) is 8.49. The van der Waals surface area contributed by atoms with E-state index in [-0.39, 0.29) is 0 Å². The second-order valence-electron chi connectivity index (χ2n) is 4.67. The molecule has 1 aromatic heterocycles. The summed E-state index contributed by atoms with van der Waals surface area (Å²) < 4.78 is 2.05. The van der Waals surface area contributed by atoms with Gasteiger partial charge in [0.1, 0.15) is 5.82 Å². The molecule has 0 unspecified atom stereocenters. The van der Waals surface area contributed by atoms with Crippen LogP contribution in [-0.2, 0) is 13.0 Å². The highest BCUT2D eigenvalue weighted by Gasteiger charge is 2.10. The van der Waals surface area contributed by atoms with E-state index >= 15 is 0 Å². The fourth-order valence-corrected chi connectivity index (χ4v) is 2.09. The lowest BCUT2D eigenvalue weighted by molar-refractivity contribution is 0.789. The molecule has 0 amide bonds. The Kier molecular flexibility index (Phi) is 3.47. The van der Waals surface area contributed by atoms with Crippen molar-refractivity contribution in [3.05, 3.63) is 42.2 Å². The fraction of sp³-hybridized carbons (Fsp3) is 0.333. The van der Waals surface area contributed by atoms with Gasteiger partial charge in [0.15, 0.2) is 0 Å². The zero-order valence-corrected chi connectivity index (χ0v) is 10.8. The van der Waals surface area contributed by atoms with Crippen LogP contribution in [0.25, 0.3) is 11.0 Å². The molecule has 0 aliphatic carbocycles. The minimum Gasteiger partial charge on any atom is -0.323 e. The molecule has 92 valence electrons. The summed E-state index contributed by atoms with van der Waals surface area (Å²) in [7, 11) is 0. The average Bonchev–Trinajstić information content (AvgIpc) is 2.68. The van der Waals surface area contributed by atoms with E-state index in [1.165, 1.54) is 5.56 Å². The Bertz CT molecular complexity index is 614. The van der Waals surface area contributed by atoms with E-state index in [2.05, 4.69) is 54.2 Å². The molecule has 0 saturated carbocycles. The molecule has 0 saturated heterocycles. The Hall–Kier alpha value is -2.08. The van der Waals surface area contributed by atoms with Gasteiger partial charge in [0, 0.05) is 6.54 Å². The van der Waals surface area contributed by atoms with Crippen LogP contribution < -0.4 is 0 Å². The predicted molar refractivity (Wildman–Crippen MR) is 73.3 cm³/mol. The summed E-state index contributed by atoms with van der Waals surface area (Å²) in [4.78, 5) is 4.56. The van der Waals surface area contributed by atoms with Gasteiger partial charge in [-0.05, 0) is 23.6 Å². The quantitative estimate of drug-likeness (QED) is 0.767. The Balaban J connectivity index is 2.60. The SMILES string of the molecule is C=CCn1c(CC#N)nc2cc(C(C)C)ccc21. The van der Waals surface area contributed by atoms with Crippen LogP contribution in [0.15, 0.2) is 30.9 Å². The summed E-state index contributed by atoms with van der Waals surface area (Å²) in [5.41, 5.74) is 3.31. The number of nitriles is 1. The van der Waals surface area contributed by atoms with E-state index in [0.717, 1.165) is 16.9 Å². The van der Waals surface area contributed by atoms with Gasteiger partial charge in [-0.25, -0.2) is 4.98 Å². The van der Waals surface area contributed by atoms with Crippen molar-refractivity contribution in [1.82, 2.24) is 9.55 Å². The first kappa shape index (κ1) is 12.4. The summed E-state index contributed by atoms with van der Waals surface area (Å²) in [5, 5.41) is 8.85. The topological polar surface area (TPSA) is 41.6 Å². The minimum atomic E-state index is 0.333. The maximum atomic E-state index is 8.85. The standard InChI is InChI=1S/C15H17N3/c1-4-9-18-14-6-5-12(11(2)3)10-13(14)17-15(18)7-8-16/h4-6,10-11H,1,7,9H2,2-3H3. The third-order valence-electron chi connectivity index (χ3n) is 3.07. The molecule has 0 radical (unpaired) electrons. The molecule has 3 heteroatoms. The number of imidazole rings is 1. The molecule has 1 heterocycles. The van der Waals surface area contributed by atoms with Gasteiger partial charge >= 0.3 is 0 Å². The molecule has 18 heavy (non-hydrogen) atoms. The number of hydrogen-bond donors (Lipinski definition) is 0. The molecular weight excluding hydrogens is 222 g/mol. The zero-order chi connectivity index (χ0) is 13.1. The smallest absolute Gasteiger partial charge is 0.124 e. The molecule has 2 aromatic rings. The van der Waals surface area contributed by atoms with Crippen LogP contribution in [0.5, 0.6) is 0 Å². The molecular formula is C15H17N3. The van der Waals surface area contributed by atoms with Crippen LogP contribution in [0.4, 0.5) is 0 Å². The van der Waals surface area contributed by atoms with Crippen molar-refractivity contribution in [2.24, 2.45) is 0 Å². The Morgan fingerprint density at radius 2 is 2.28 bits per heavy atom. The molecule has 0 spiro atoms. The van der Waals surface area contributed by atoms with Gasteiger partial charge in [-0.15, -0.1) is 6.58 Å². The number of benzene rings is 1. The van der Waals surface area contributed by atoms with Crippen LogP contribution in [0.3, 0.4) is 0 Å². The largest absolute Gasteiger partial charge is 0.323 e. The van der Waals surface area contributed by atoms with Crippen LogP contribution in [0.2, 0.25) is 0 Å². The number of nitrogens with zero attached hydrogens (tertiary/aromatic N) is 3. The lowest BCUT2D eigenvalue weighted by Gasteiger charge is -2.06. The van der Waals surface area contributed by atoms with Crippen LogP contribution >= 0.6 is 0 Å². The average molecular weight is 239 g/mol. The van der Waals surface area contributed by atoms with Crippen LogP contribution in [-0.4, -0.2) is 9.55 Å². The van der Waals surface area contributed by atoms with Crippen molar-refractivity contribution in [3.63, 3.8) is 0 Å². The zero-order valence-electron chi connectivity index (χ0n) is 10.8. The van der Waals surface area contributed by atoms with Crippen molar-refractivity contribution >= 4 is 11.0 Å². The second-order valence-corrected chi connectivity index (χ2v) is 4.67. The molecule has 3 nitrogen and oxygen atoms in total. The highest BCUT2D eigenvalue weighted by molar-refractivity contribution is 5.77. The van der Waals surface area contributed by atoms with E-state index in [1.54, 1.807) is 0 Å². The monoisotopic (exact) mass is 239 g/mol. The normalized spacial score (nSPS) is 10.8. The van der Waals surface area contributed by atoms with Crippen LogP contribution in [0, 0.1) is 11.3 Å².